The van der Waals surface area contributed by atoms with E-state index in [1.54, 1.807) is 6.07 Å². The summed E-state index contributed by atoms with van der Waals surface area (Å²) in [6.45, 7) is 5.80. The number of carbonyl (C=O) groups excluding carboxylic acids is 1. The highest BCUT2D eigenvalue weighted by molar-refractivity contribution is 5.93. The van der Waals surface area contributed by atoms with Gasteiger partial charge in [0.1, 0.15) is 17.8 Å². The van der Waals surface area contributed by atoms with Crippen LogP contribution in [-0.4, -0.2) is 19.1 Å². The van der Waals surface area contributed by atoms with Gasteiger partial charge in [0.25, 0.3) is 5.91 Å². The highest BCUT2D eigenvalue weighted by atomic mass is 35.5. The van der Waals surface area contributed by atoms with Gasteiger partial charge in [-0.05, 0) is 36.1 Å². The second kappa shape index (κ2) is 10.0. The van der Waals surface area contributed by atoms with Crippen LogP contribution in [0.3, 0.4) is 0 Å². The third-order valence-electron chi connectivity index (χ3n) is 3.32. The van der Waals surface area contributed by atoms with Crippen molar-refractivity contribution in [1.29, 1.82) is 0 Å². The van der Waals surface area contributed by atoms with Gasteiger partial charge in [0.05, 0.1) is 18.7 Å². The first-order chi connectivity index (χ1) is 11.1. The van der Waals surface area contributed by atoms with E-state index in [-0.39, 0.29) is 18.3 Å². The zero-order chi connectivity index (χ0) is 16.7. The number of nitrogens with one attached hydrogen (secondary N) is 1. The molecular formula is C18H25ClN2O3. The first-order valence-electron chi connectivity index (χ1n) is 7.86. The zero-order valence-corrected chi connectivity index (χ0v) is 14.9. The van der Waals surface area contributed by atoms with Gasteiger partial charge < -0.3 is 20.2 Å². The molecule has 0 unspecified atom stereocenters. The van der Waals surface area contributed by atoms with Crippen LogP contribution in [0.25, 0.3) is 0 Å². The van der Waals surface area contributed by atoms with Crippen LogP contribution in [0.4, 0.5) is 0 Å². The normalized spacial score (nSPS) is 10.3. The Morgan fingerprint density at radius 1 is 1.29 bits per heavy atom. The third kappa shape index (κ3) is 6.26. The Morgan fingerprint density at radius 2 is 2.00 bits per heavy atom. The van der Waals surface area contributed by atoms with E-state index in [0.717, 1.165) is 17.7 Å². The molecule has 0 aliphatic heterocycles. The highest BCUT2D eigenvalue weighted by Crippen LogP contribution is 2.13. The molecule has 0 fully saturated rings. The highest BCUT2D eigenvalue weighted by Gasteiger charge is 2.08. The van der Waals surface area contributed by atoms with Gasteiger partial charge in [0.2, 0.25) is 0 Å². The summed E-state index contributed by atoms with van der Waals surface area (Å²) in [6.07, 6.45) is 2.19. The maximum Gasteiger partial charge on any atom is 0.254 e. The smallest absolute Gasteiger partial charge is 0.254 e. The van der Waals surface area contributed by atoms with E-state index in [2.05, 4.69) is 19.2 Å². The molecule has 0 spiro atoms. The van der Waals surface area contributed by atoms with Gasteiger partial charge in [-0.15, -0.1) is 12.4 Å². The molecule has 0 atom stereocenters. The van der Waals surface area contributed by atoms with E-state index in [4.69, 9.17) is 14.9 Å². The van der Waals surface area contributed by atoms with Crippen molar-refractivity contribution in [3.8, 4) is 5.75 Å². The number of amides is 1. The van der Waals surface area contributed by atoms with Gasteiger partial charge in [0.15, 0.2) is 0 Å². The minimum Gasteiger partial charge on any atom is -0.493 e. The van der Waals surface area contributed by atoms with Crippen molar-refractivity contribution in [2.45, 2.75) is 26.8 Å². The monoisotopic (exact) mass is 352 g/mol. The molecule has 6 heteroatoms. The topological polar surface area (TPSA) is 77.5 Å². The Balaban J connectivity index is 0.00000288. The summed E-state index contributed by atoms with van der Waals surface area (Å²) in [5.74, 6) is 1.84. The van der Waals surface area contributed by atoms with Gasteiger partial charge in [-0.1, -0.05) is 26.0 Å². The quantitative estimate of drug-likeness (QED) is 0.765. The zero-order valence-electron chi connectivity index (χ0n) is 14.1. The summed E-state index contributed by atoms with van der Waals surface area (Å²) >= 11 is 0. The lowest BCUT2D eigenvalue weighted by atomic mass is 10.1. The van der Waals surface area contributed by atoms with Crippen molar-refractivity contribution in [2.75, 3.05) is 13.2 Å². The number of benzene rings is 1. The molecule has 0 bridgehead atoms. The van der Waals surface area contributed by atoms with Crippen LogP contribution >= 0.6 is 12.4 Å². The van der Waals surface area contributed by atoms with Crippen molar-refractivity contribution in [1.82, 2.24) is 5.32 Å². The van der Waals surface area contributed by atoms with Crippen molar-refractivity contribution in [3.05, 3.63) is 53.5 Å². The van der Waals surface area contributed by atoms with Crippen molar-refractivity contribution in [2.24, 2.45) is 11.7 Å². The molecule has 1 aromatic carbocycles. The standard InChI is InChI=1S/C18H24N2O3.ClH/c1-13(2)11-22-16-5-3-14(4-6-16)7-8-20-18(21)15-9-17(10-19)23-12-15;/h3-6,9,12-13H,7-8,10-11,19H2,1-2H3,(H,20,21);1H. The van der Waals surface area contributed by atoms with Crippen molar-refractivity contribution < 1.29 is 13.9 Å². The molecule has 0 aliphatic carbocycles. The molecule has 5 nitrogen and oxygen atoms in total. The molecule has 3 N–H and O–H groups in total. The fourth-order valence-corrected chi connectivity index (χ4v) is 2.04. The van der Waals surface area contributed by atoms with Crippen LogP contribution in [-0.2, 0) is 13.0 Å². The average Bonchev–Trinajstić information content (AvgIpc) is 3.03. The Bertz CT molecular complexity index is 623. The fraction of sp³-hybridized carbons (Fsp3) is 0.389. The van der Waals surface area contributed by atoms with Gasteiger partial charge in [-0.3, -0.25) is 4.79 Å². The van der Waals surface area contributed by atoms with E-state index >= 15 is 0 Å². The molecule has 0 saturated carbocycles. The van der Waals surface area contributed by atoms with Crippen LogP contribution in [0.15, 0.2) is 41.0 Å². The van der Waals surface area contributed by atoms with E-state index in [0.29, 0.717) is 36.9 Å². The average molecular weight is 353 g/mol. The SMILES string of the molecule is CC(C)COc1ccc(CCNC(=O)c2coc(CN)c2)cc1.Cl. The lowest BCUT2D eigenvalue weighted by Crippen LogP contribution is -2.25. The molecule has 0 aliphatic rings. The Morgan fingerprint density at radius 3 is 2.58 bits per heavy atom. The van der Waals surface area contributed by atoms with E-state index in [9.17, 15) is 4.79 Å². The maximum absolute atomic E-state index is 11.9. The van der Waals surface area contributed by atoms with E-state index in [1.165, 1.54) is 6.26 Å². The Labute approximate surface area is 149 Å². The summed E-state index contributed by atoms with van der Waals surface area (Å²) in [7, 11) is 0. The molecule has 0 saturated heterocycles. The molecule has 1 aromatic heterocycles. The molecule has 1 amide bonds. The summed E-state index contributed by atoms with van der Waals surface area (Å²) in [5, 5.41) is 2.87. The maximum atomic E-state index is 11.9. The van der Waals surface area contributed by atoms with Gasteiger partial charge in [-0.2, -0.15) is 0 Å². The molecule has 2 rings (SSSR count). The number of carbonyl (C=O) groups is 1. The number of halogens is 1. The summed E-state index contributed by atoms with van der Waals surface area (Å²) in [4.78, 5) is 11.9. The first-order valence-corrected chi connectivity index (χ1v) is 7.86. The number of hydrogen-bond donors (Lipinski definition) is 2. The minimum absolute atomic E-state index is 0. The number of nitrogens with two attached hydrogens (primary N) is 1. The first kappa shape index (κ1) is 20.1. The molecule has 2 aromatic rings. The van der Waals surface area contributed by atoms with Crippen LogP contribution in [0.5, 0.6) is 5.75 Å². The van der Waals surface area contributed by atoms with Gasteiger partial charge >= 0.3 is 0 Å². The summed E-state index contributed by atoms with van der Waals surface area (Å²) < 4.78 is 10.8. The predicted molar refractivity (Wildman–Crippen MR) is 96.7 cm³/mol. The van der Waals surface area contributed by atoms with Crippen LogP contribution in [0.2, 0.25) is 0 Å². The van der Waals surface area contributed by atoms with Crippen molar-refractivity contribution in [3.63, 3.8) is 0 Å². The largest absolute Gasteiger partial charge is 0.493 e. The molecule has 0 radical (unpaired) electrons. The molecule has 132 valence electrons. The van der Waals surface area contributed by atoms with Gasteiger partial charge in [-0.25, -0.2) is 0 Å². The van der Waals surface area contributed by atoms with Gasteiger partial charge in [0, 0.05) is 6.54 Å². The summed E-state index contributed by atoms with van der Waals surface area (Å²) in [6, 6.07) is 9.63. The predicted octanol–water partition coefficient (Wildman–Crippen LogP) is 3.17. The Hall–Kier alpha value is -1.98. The second-order valence-corrected chi connectivity index (χ2v) is 5.86. The lowest BCUT2D eigenvalue weighted by Gasteiger charge is -2.09. The second-order valence-electron chi connectivity index (χ2n) is 5.86. The molecular weight excluding hydrogens is 328 g/mol. The minimum atomic E-state index is -0.148. The van der Waals surface area contributed by atoms with Crippen LogP contribution in [0.1, 0.15) is 35.5 Å². The van der Waals surface area contributed by atoms with E-state index < -0.39 is 0 Å². The number of rotatable bonds is 8. The van der Waals surface area contributed by atoms with E-state index in [1.807, 2.05) is 24.3 Å². The number of furan rings is 1. The van der Waals surface area contributed by atoms with Crippen molar-refractivity contribution >= 4 is 18.3 Å². The summed E-state index contributed by atoms with van der Waals surface area (Å²) in [5.41, 5.74) is 7.11. The fourth-order valence-electron chi connectivity index (χ4n) is 2.04. The number of hydrogen-bond acceptors (Lipinski definition) is 4. The molecule has 1 heterocycles. The van der Waals surface area contributed by atoms with Crippen LogP contribution < -0.4 is 15.8 Å². The Kier molecular flexibility index (Phi) is 8.36. The van der Waals surface area contributed by atoms with Crippen LogP contribution in [0, 0.1) is 5.92 Å². The molecule has 24 heavy (non-hydrogen) atoms. The number of ether oxygens (including phenoxy) is 1. The lowest BCUT2D eigenvalue weighted by molar-refractivity contribution is 0.0953. The third-order valence-corrected chi connectivity index (χ3v) is 3.32.